The molecule has 5 heteroatoms. The Balaban J connectivity index is -0.0000000450. The minimum atomic E-state index is -2.33. The number of carboxylic acid groups (broad SMARTS) is 2. The molecule has 0 spiro atoms. The van der Waals surface area contributed by atoms with Crippen molar-refractivity contribution < 1.29 is 47.7 Å². The first-order valence-corrected chi connectivity index (χ1v) is 0.612. The fourth-order valence-corrected chi connectivity index (χ4v) is 0. The van der Waals surface area contributed by atoms with Crippen LogP contribution in [0.2, 0.25) is 0 Å². The molecule has 6 heavy (non-hydrogen) atoms. The molecule has 4 N–H and O–H groups in total. The van der Waals surface area contributed by atoms with E-state index >= 15 is 0 Å². The minimum Gasteiger partial charge on any atom is -0.652 e. The van der Waals surface area contributed by atoms with Gasteiger partial charge in [-0.15, -0.1) is 0 Å². The number of hydrogen-bond acceptors (Lipinski definition) is 3. The summed E-state index contributed by atoms with van der Waals surface area (Å²) >= 11 is 0. The third-order valence-electron chi connectivity index (χ3n) is 0. The molecule has 0 aliphatic rings. The molecule has 0 saturated heterocycles. The van der Waals surface area contributed by atoms with Gasteiger partial charge in [0.25, 0.3) is 0 Å². The zero-order valence-electron chi connectivity index (χ0n) is 3.30. The summed E-state index contributed by atoms with van der Waals surface area (Å²) in [5.74, 6) is 0. The average molecular weight is 167 g/mol. The fourth-order valence-electron chi connectivity index (χ4n) is 0. The van der Waals surface area contributed by atoms with E-state index in [1.54, 1.807) is 0 Å². The van der Waals surface area contributed by atoms with Gasteiger partial charge in [0.15, 0.2) is 0 Å². The van der Waals surface area contributed by atoms with E-state index in [9.17, 15) is 0 Å². The largest absolute Gasteiger partial charge is 3.00 e. The van der Waals surface area contributed by atoms with Crippen molar-refractivity contribution in [2.45, 2.75) is 0 Å². The van der Waals surface area contributed by atoms with E-state index in [1.165, 1.54) is 0 Å². The Morgan fingerprint density at radius 3 is 1.33 bits per heavy atom. The number of carbonyl (C=O) groups excluding carboxylic acids is 1. The summed E-state index contributed by atoms with van der Waals surface area (Å²) in [5, 5.41) is 16.7. The van der Waals surface area contributed by atoms with Gasteiger partial charge in [0, 0.05) is 0 Å². The molecule has 0 aromatic heterocycles. The van der Waals surface area contributed by atoms with Crippen LogP contribution >= 0.6 is 0 Å². The van der Waals surface area contributed by atoms with Crippen LogP contribution in [0.4, 0.5) is 4.79 Å². The molecule has 32 valence electrons. The van der Waals surface area contributed by atoms with Crippen molar-refractivity contribution in [1.29, 1.82) is 0 Å². The smallest absolute Gasteiger partial charge is 0.652 e. The van der Waals surface area contributed by atoms with Crippen LogP contribution in [0.5, 0.6) is 0 Å². The minimum absolute atomic E-state index is 0. The van der Waals surface area contributed by atoms with Crippen LogP contribution in [0.1, 0.15) is 0 Å². The Kier molecular flexibility index (Phi) is 24.4. The van der Waals surface area contributed by atoms with Gasteiger partial charge in [-0.25, -0.2) is 0 Å². The van der Waals surface area contributed by atoms with E-state index in [4.69, 9.17) is 15.0 Å². The number of rotatable bonds is 0. The molecule has 0 aliphatic carbocycles. The van der Waals surface area contributed by atoms with Crippen molar-refractivity contribution in [2.24, 2.45) is 0 Å². The first kappa shape index (κ1) is 16.2. The van der Waals surface area contributed by atoms with Crippen molar-refractivity contribution in [3.63, 3.8) is 0 Å². The number of carbonyl (C=O) groups is 1. The van der Waals surface area contributed by atoms with Gasteiger partial charge < -0.3 is 21.2 Å². The summed E-state index contributed by atoms with van der Waals surface area (Å²) in [5.41, 5.74) is 0. The number of quaternary nitrogens is 1. The molecule has 0 fully saturated rings. The van der Waals surface area contributed by atoms with E-state index in [0.29, 0.717) is 0 Å². The Morgan fingerprint density at radius 2 is 1.33 bits per heavy atom. The Bertz CT molecular complexity index is 33.8. The van der Waals surface area contributed by atoms with Gasteiger partial charge in [0.2, 0.25) is 0 Å². The summed E-state index contributed by atoms with van der Waals surface area (Å²) in [6.07, 6.45) is -2.33. The standard InChI is InChI=1S/CH2O3.H3N.Y/c2-1(3)4;;/h(H2,2,3,4);1H3;/q;;+3/p-1. The van der Waals surface area contributed by atoms with Gasteiger partial charge in [-0.05, 0) is 6.16 Å². The van der Waals surface area contributed by atoms with Gasteiger partial charge in [0.1, 0.15) is 0 Å². The number of hydrogen-bond donors (Lipinski definition) is 1. The molecular formula is CH4NO3Y+2. The van der Waals surface area contributed by atoms with Gasteiger partial charge in [-0.1, -0.05) is 0 Å². The molecular weight excluding hydrogens is 163 g/mol. The molecule has 0 aliphatic heterocycles. The molecule has 4 nitrogen and oxygen atoms in total. The van der Waals surface area contributed by atoms with Crippen molar-refractivity contribution >= 4 is 6.16 Å². The summed E-state index contributed by atoms with van der Waals surface area (Å²) < 4.78 is 0. The van der Waals surface area contributed by atoms with Crippen LogP contribution in [-0.2, 0) is 32.7 Å². The molecule has 0 bridgehead atoms. The zero-order valence-corrected chi connectivity index (χ0v) is 6.14. The van der Waals surface area contributed by atoms with Gasteiger partial charge in [-0.2, -0.15) is 0 Å². The molecule has 0 atom stereocenters. The quantitative estimate of drug-likeness (QED) is 0.448. The van der Waals surface area contributed by atoms with Gasteiger partial charge in [-0.3, -0.25) is 0 Å². The topological polar surface area (TPSA) is 99.7 Å². The molecule has 0 rings (SSSR count). The van der Waals surface area contributed by atoms with Crippen molar-refractivity contribution in [1.82, 2.24) is 6.15 Å². The Labute approximate surface area is 60.0 Å². The van der Waals surface area contributed by atoms with E-state index < -0.39 is 6.16 Å². The summed E-state index contributed by atoms with van der Waals surface area (Å²) in [6.45, 7) is 0. The van der Waals surface area contributed by atoms with E-state index in [-0.39, 0.29) is 38.9 Å². The Hall–Kier alpha value is 0.334. The third-order valence-corrected chi connectivity index (χ3v) is 0. The van der Waals surface area contributed by atoms with Crippen molar-refractivity contribution in [2.75, 3.05) is 0 Å². The predicted octanol–water partition coefficient (Wildman–Crippen LogP) is -2.07. The summed E-state index contributed by atoms with van der Waals surface area (Å²) in [4.78, 5) is 8.33. The summed E-state index contributed by atoms with van der Waals surface area (Å²) in [6, 6.07) is 0. The maximum absolute atomic E-state index is 8.33. The first-order valence-electron chi connectivity index (χ1n) is 0.612. The van der Waals surface area contributed by atoms with Crippen LogP contribution in [0.15, 0.2) is 0 Å². The maximum atomic E-state index is 8.33. The third kappa shape index (κ3) is 432. The van der Waals surface area contributed by atoms with Crippen LogP contribution in [0.3, 0.4) is 0 Å². The van der Waals surface area contributed by atoms with E-state index in [1.807, 2.05) is 0 Å². The van der Waals surface area contributed by atoms with Crippen molar-refractivity contribution in [3.8, 4) is 0 Å². The fraction of sp³-hybridized carbons (Fsp3) is 0. The van der Waals surface area contributed by atoms with E-state index in [2.05, 4.69) is 0 Å². The maximum Gasteiger partial charge on any atom is 3.00 e. The molecule has 0 radical (unpaired) electrons. The molecule has 0 amide bonds. The molecule has 0 aromatic rings. The van der Waals surface area contributed by atoms with Crippen LogP contribution < -0.4 is 16.4 Å². The average Bonchev–Trinajstić information content (AvgIpc) is 0.811. The normalized spacial score (nSPS) is 4.00. The van der Waals surface area contributed by atoms with Crippen LogP contribution in [0.25, 0.3) is 0 Å². The summed E-state index contributed by atoms with van der Waals surface area (Å²) in [7, 11) is 0. The van der Waals surface area contributed by atoms with Crippen molar-refractivity contribution in [3.05, 3.63) is 0 Å². The Morgan fingerprint density at radius 1 is 1.33 bits per heavy atom. The second-order valence-corrected chi connectivity index (χ2v) is 0.250. The molecule has 0 aromatic carbocycles. The van der Waals surface area contributed by atoms with Gasteiger partial charge in [0.05, 0.1) is 0 Å². The van der Waals surface area contributed by atoms with Crippen LogP contribution in [-0.4, -0.2) is 6.16 Å². The second-order valence-electron chi connectivity index (χ2n) is 0.250. The SMILES string of the molecule is O=C([O-])[O-].[NH4+].[Y+3]. The molecule has 0 saturated carbocycles. The van der Waals surface area contributed by atoms with Crippen LogP contribution in [0, 0.1) is 0 Å². The molecule has 0 heterocycles. The molecule has 0 unspecified atom stereocenters. The van der Waals surface area contributed by atoms with E-state index in [0.717, 1.165) is 0 Å². The zero-order chi connectivity index (χ0) is 3.58. The second kappa shape index (κ2) is 9.01. The monoisotopic (exact) mass is 167 g/mol. The predicted molar refractivity (Wildman–Crippen MR) is 11.4 cm³/mol. The van der Waals surface area contributed by atoms with Gasteiger partial charge >= 0.3 is 32.7 Å². The first-order chi connectivity index (χ1) is 1.73.